The standard InChI is InChI=1S/C7H12N2O3S/c8-6-9-7(4-12-6)2-1-3-13(10,11)5-7/h1-5H2,(H2,8,9). The van der Waals surface area contributed by atoms with E-state index in [0.29, 0.717) is 13.0 Å². The molecule has 2 rings (SSSR count). The van der Waals surface area contributed by atoms with Gasteiger partial charge in [-0.15, -0.1) is 0 Å². The Bertz CT molecular complexity index is 349. The van der Waals surface area contributed by atoms with E-state index in [4.69, 9.17) is 10.5 Å². The first-order chi connectivity index (χ1) is 6.02. The molecule has 2 aliphatic heterocycles. The summed E-state index contributed by atoms with van der Waals surface area (Å²) in [4.78, 5) is 4.07. The smallest absolute Gasteiger partial charge is 0.282 e. The monoisotopic (exact) mass is 204 g/mol. The zero-order valence-corrected chi connectivity index (χ0v) is 8.01. The fourth-order valence-electron chi connectivity index (χ4n) is 1.88. The zero-order valence-electron chi connectivity index (χ0n) is 7.19. The van der Waals surface area contributed by atoms with Gasteiger partial charge >= 0.3 is 0 Å². The fourth-order valence-corrected chi connectivity index (χ4v) is 3.72. The summed E-state index contributed by atoms with van der Waals surface area (Å²) in [6.45, 7) is 0.318. The van der Waals surface area contributed by atoms with Crippen LogP contribution in [-0.2, 0) is 14.6 Å². The Morgan fingerprint density at radius 1 is 1.54 bits per heavy atom. The van der Waals surface area contributed by atoms with E-state index in [1.807, 2.05) is 0 Å². The lowest BCUT2D eigenvalue weighted by molar-refractivity contribution is 0.252. The summed E-state index contributed by atoms with van der Waals surface area (Å²) in [7, 11) is -2.94. The van der Waals surface area contributed by atoms with Crippen molar-refractivity contribution in [3.8, 4) is 0 Å². The van der Waals surface area contributed by atoms with Gasteiger partial charge in [0.1, 0.15) is 12.1 Å². The van der Waals surface area contributed by atoms with Crippen LogP contribution in [0.5, 0.6) is 0 Å². The lowest BCUT2D eigenvalue weighted by Gasteiger charge is -2.27. The van der Waals surface area contributed by atoms with Gasteiger partial charge in [0, 0.05) is 0 Å². The zero-order chi connectivity index (χ0) is 9.53. The van der Waals surface area contributed by atoms with Crippen LogP contribution in [0.4, 0.5) is 0 Å². The van der Waals surface area contributed by atoms with Crippen molar-refractivity contribution in [2.24, 2.45) is 10.7 Å². The van der Waals surface area contributed by atoms with E-state index in [0.717, 1.165) is 6.42 Å². The van der Waals surface area contributed by atoms with Crippen molar-refractivity contribution in [1.82, 2.24) is 0 Å². The van der Waals surface area contributed by atoms with Crippen LogP contribution in [0.3, 0.4) is 0 Å². The fraction of sp³-hybridized carbons (Fsp3) is 0.857. The molecule has 5 nitrogen and oxygen atoms in total. The highest BCUT2D eigenvalue weighted by molar-refractivity contribution is 7.91. The largest absolute Gasteiger partial charge is 0.463 e. The van der Waals surface area contributed by atoms with E-state index in [2.05, 4.69) is 4.99 Å². The van der Waals surface area contributed by atoms with Crippen LogP contribution in [0, 0.1) is 0 Å². The summed E-state index contributed by atoms with van der Waals surface area (Å²) in [5, 5.41) is 0. The summed E-state index contributed by atoms with van der Waals surface area (Å²) in [5.74, 6) is 0.352. The number of sulfone groups is 1. The predicted octanol–water partition coefficient (Wildman–Crippen LogP) is -0.721. The Hall–Kier alpha value is -0.780. The Kier molecular flexibility index (Phi) is 1.76. The van der Waals surface area contributed by atoms with Crippen LogP contribution < -0.4 is 5.73 Å². The molecule has 2 aliphatic rings. The summed E-state index contributed by atoms with van der Waals surface area (Å²) in [6, 6.07) is 0.122. The molecule has 0 aliphatic carbocycles. The van der Waals surface area contributed by atoms with Gasteiger partial charge in [-0.25, -0.2) is 13.4 Å². The van der Waals surface area contributed by atoms with Gasteiger partial charge < -0.3 is 10.5 Å². The molecule has 0 aromatic rings. The van der Waals surface area contributed by atoms with Gasteiger partial charge in [-0.3, -0.25) is 0 Å². The predicted molar refractivity (Wildman–Crippen MR) is 48.2 cm³/mol. The minimum atomic E-state index is -2.94. The molecule has 0 saturated carbocycles. The number of rotatable bonds is 0. The van der Waals surface area contributed by atoms with E-state index in [1.165, 1.54) is 0 Å². The molecule has 0 radical (unpaired) electrons. The van der Waals surface area contributed by atoms with Crippen molar-refractivity contribution in [1.29, 1.82) is 0 Å². The number of hydrogen-bond acceptors (Lipinski definition) is 5. The van der Waals surface area contributed by atoms with Crippen molar-refractivity contribution < 1.29 is 13.2 Å². The lowest BCUT2D eigenvalue weighted by atomic mass is 9.98. The van der Waals surface area contributed by atoms with Crippen molar-refractivity contribution in [2.75, 3.05) is 18.1 Å². The third-order valence-electron chi connectivity index (χ3n) is 2.42. The molecule has 6 heteroatoms. The number of nitrogens with two attached hydrogens (primary N) is 1. The molecule has 2 N–H and O–H groups in total. The van der Waals surface area contributed by atoms with Gasteiger partial charge in [0.05, 0.1) is 11.5 Å². The van der Waals surface area contributed by atoms with E-state index in [1.54, 1.807) is 0 Å². The molecule has 13 heavy (non-hydrogen) atoms. The van der Waals surface area contributed by atoms with Crippen LogP contribution in [0.1, 0.15) is 12.8 Å². The van der Waals surface area contributed by atoms with Crippen molar-refractivity contribution >= 4 is 15.9 Å². The summed E-state index contributed by atoms with van der Waals surface area (Å²) in [6.07, 6.45) is 1.41. The minimum Gasteiger partial charge on any atom is -0.463 e. The second-order valence-corrected chi connectivity index (χ2v) is 5.84. The van der Waals surface area contributed by atoms with Crippen LogP contribution in [-0.4, -0.2) is 38.1 Å². The molecular weight excluding hydrogens is 192 g/mol. The van der Waals surface area contributed by atoms with Gasteiger partial charge in [-0.1, -0.05) is 0 Å². The number of ether oxygens (including phenoxy) is 1. The molecule has 1 spiro atoms. The highest BCUT2D eigenvalue weighted by Gasteiger charge is 2.43. The normalized spacial score (nSPS) is 37.1. The first kappa shape index (κ1) is 8.80. The maximum Gasteiger partial charge on any atom is 0.282 e. The maximum atomic E-state index is 11.4. The van der Waals surface area contributed by atoms with Gasteiger partial charge in [0.2, 0.25) is 0 Å². The maximum absolute atomic E-state index is 11.4. The van der Waals surface area contributed by atoms with Crippen molar-refractivity contribution in [3.05, 3.63) is 0 Å². The van der Waals surface area contributed by atoms with Crippen LogP contribution in [0.15, 0.2) is 4.99 Å². The van der Waals surface area contributed by atoms with E-state index in [-0.39, 0.29) is 17.5 Å². The third-order valence-corrected chi connectivity index (χ3v) is 4.31. The summed E-state index contributed by atoms with van der Waals surface area (Å²) < 4.78 is 27.7. The molecule has 1 unspecified atom stereocenters. The highest BCUT2D eigenvalue weighted by atomic mass is 32.2. The van der Waals surface area contributed by atoms with Crippen molar-refractivity contribution in [3.63, 3.8) is 0 Å². The molecular formula is C7H12N2O3S. The first-order valence-electron chi connectivity index (χ1n) is 4.20. The van der Waals surface area contributed by atoms with Crippen LogP contribution >= 0.6 is 0 Å². The van der Waals surface area contributed by atoms with Crippen molar-refractivity contribution in [2.45, 2.75) is 18.4 Å². The van der Waals surface area contributed by atoms with E-state index >= 15 is 0 Å². The van der Waals surface area contributed by atoms with Gasteiger partial charge in [0.15, 0.2) is 9.84 Å². The van der Waals surface area contributed by atoms with Crippen LogP contribution in [0.2, 0.25) is 0 Å². The third kappa shape index (κ3) is 1.63. The molecule has 1 atom stereocenters. The Morgan fingerprint density at radius 3 is 2.85 bits per heavy atom. The van der Waals surface area contributed by atoms with Gasteiger partial charge in [-0.2, -0.15) is 0 Å². The Balaban J connectivity index is 2.26. The number of nitrogens with zero attached hydrogens (tertiary/aromatic N) is 1. The molecule has 0 amide bonds. The second kappa shape index (κ2) is 2.60. The molecule has 74 valence electrons. The number of hydrogen-bond donors (Lipinski definition) is 1. The van der Waals surface area contributed by atoms with E-state index < -0.39 is 15.4 Å². The quantitative estimate of drug-likeness (QED) is 0.564. The van der Waals surface area contributed by atoms with Gasteiger partial charge in [0.25, 0.3) is 6.02 Å². The highest BCUT2D eigenvalue weighted by Crippen LogP contribution is 2.30. The Labute approximate surface area is 76.9 Å². The average molecular weight is 204 g/mol. The molecule has 2 heterocycles. The molecule has 0 aromatic carbocycles. The summed E-state index contributed by atoms with van der Waals surface area (Å²) in [5.41, 5.74) is 4.79. The topological polar surface area (TPSA) is 81.8 Å². The SMILES string of the molecule is NC1=NC2(CCCS(=O)(=O)C2)CO1. The van der Waals surface area contributed by atoms with Gasteiger partial charge in [-0.05, 0) is 12.8 Å². The minimum absolute atomic E-state index is 0.0840. The molecule has 0 aromatic heterocycles. The second-order valence-electron chi connectivity index (χ2n) is 3.66. The molecule has 1 saturated heterocycles. The average Bonchev–Trinajstić information content (AvgIpc) is 2.29. The lowest BCUT2D eigenvalue weighted by Crippen LogP contribution is -2.42. The first-order valence-corrected chi connectivity index (χ1v) is 6.02. The molecule has 0 bridgehead atoms. The number of aliphatic imine (C=N–C) groups is 1. The van der Waals surface area contributed by atoms with Crippen LogP contribution in [0.25, 0.3) is 0 Å². The van der Waals surface area contributed by atoms with E-state index in [9.17, 15) is 8.42 Å². The Morgan fingerprint density at radius 2 is 2.31 bits per heavy atom. The molecule has 1 fully saturated rings. The number of amidine groups is 1. The summed E-state index contributed by atoms with van der Waals surface area (Å²) >= 11 is 0.